The first-order valence-corrected chi connectivity index (χ1v) is 8.96. The number of hydrogen-bond acceptors (Lipinski definition) is 4. The molecule has 2 aromatic carbocycles. The third-order valence-corrected chi connectivity index (χ3v) is 3.77. The summed E-state index contributed by atoms with van der Waals surface area (Å²) in [4.78, 5) is 12.3. The molecule has 2 atom stereocenters. The van der Waals surface area contributed by atoms with Gasteiger partial charge in [-0.3, -0.25) is 0 Å². The van der Waals surface area contributed by atoms with Crippen LogP contribution in [0.4, 0.5) is 4.79 Å². The van der Waals surface area contributed by atoms with Gasteiger partial charge >= 0.3 is 6.09 Å². The molecular formula is C22H26N2O3. The van der Waals surface area contributed by atoms with Gasteiger partial charge in [-0.15, -0.1) is 0 Å². The highest BCUT2D eigenvalue weighted by Gasteiger charge is 2.27. The van der Waals surface area contributed by atoms with Crippen molar-refractivity contribution in [2.24, 2.45) is 0 Å². The molecule has 1 amide bonds. The Morgan fingerprint density at radius 1 is 1.04 bits per heavy atom. The lowest BCUT2D eigenvalue weighted by atomic mass is 10.0. The molecule has 2 rings (SSSR count). The van der Waals surface area contributed by atoms with Crippen molar-refractivity contribution >= 4 is 6.09 Å². The van der Waals surface area contributed by atoms with Crippen LogP contribution < -0.4 is 5.32 Å². The Morgan fingerprint density at radius 2 is 1.59 bits per heavy atom. The Labute approximate surface area is 160 Å². The number of alkyl carbamates (subject to hydrolysis) is 1. The third-order valence-electron chi connectivity index (χ3n) is 3.77. The molecule has 1 N–H and O–H groups in total. The largest absolute Gasteiger partial charge is 0.444 e. The highest BCUT2D eigenvalue weighted by molar-refractivity contribution is 5.68. The van der Waals surface area contributed by atoms with E-state index < -0.39 is 23.8 Å². The predicted octanol–water partition coefficient (Wildman–Crippen LogP) is 4.23. The molecule has 0 heterocycles. The SMILES string of the molecule is CC(C)(C)OC(=O)N[C@@H](Cc1ccccc1)[C@@H](C#N)OCc1ccccc1. The first kappa shape index (κ1) is 20.5. The van der Waals surface area contributed by atoms with Gasteiger partial charge in [-0.25, -0.2) is 4.79 Å². The number of rotatable bonds is 7. The molecule has 0 fully saturated rings. The van der Waals surface area contributed by atoms with Crippen LogP contribution in [0.1, 0.15) is 31.9 Å². The van der Waals surface area contributed by atoms with Gasteiger partial charge in [0.25, 0.3) is 0 Å². The summed E-state index contributed by atoms with van der Waals surface area (Å²) < 4.78 is 11.2. The van der Waals surface area contributed by atoms with E-state index in [1.165, 1.54) is 0 Å². The number of carbonyl (C=O) groups is 1. The van der Waals surface area contributed by atoms with Crippen LogP contribution in [-0.2, 0) is 22.5 Å². The minimum Gasteiger partial charge on any atom is -0.444 e. The second kappa shape index (κ2) is 9.75. The third kappa shape index (κ3) is 7.51. The summed E-state index contributed by atoms with van der Waals surface area (Å²) in [5.74, 6) is 0. The molecule has 0 saturated heterocycles. The molecular weight excluding hydrogens is 340 g/mol. The first-order valence-electron chi connectivity index (χ1n) is 8.96. The number of benzene rings is 2. The molecule has 142 valence electrons. The number of nitrogens with zero attached hydrogens (tertiary/aromatic N) is 1. The summed E-state index contributed by atoms with van der Waals surface area (Å²) in [7, 11) is 0. The monoisotopic (exact) mass is 366 g/mol. The molecule has 0 aliphatic rings. The zero-order valence-corrected chi connectivity index (χ0v) is 16.0. The van der Waals surface area contributed by atoms with Gasteiger partial charge in [-0.2, -0.15) is 5.26 Å². The Kier molecular flexibility index (Phi) is 7.39. The van der Waals surface area contributed by atoms with E-state index >= 15 is 0 Å². The van der Waals surface area contributed by atoms with Crippen LogP contribution in [0.15, 0.2) is 60.7 Å². The number of carbonyl (C=O) groups excluding carboxylic acids is 1. The topological polar surface area (TPSA) is 71.3 Å². The van der Waals surface area contributed by atoms with Crippen LogP contribution in [-0.4, -0.2) is 23.8 Å². The molecule has 0 saturated carbocycles. The molecule has 2 aromatic rings. The van der Waals surface area contributed by atoms with E-state index in [0.29, 0.717) is 13.0 Å². The predicted molar refractivity (Wildman–Crippen MR) is 104 cm³/mol. The lowest BCUT2D eigenvalue weighted by Gasteiger charge is -2.26. The van der Waals surface area contributed by atoms with Crippen LogP contribution in [0.5, 0.6) is 0 Å². The van der Waals surface area contributed by atoms with Crippen molar-refractivity contribution in [3.63, 3.8) is 0 Å². The average Bonchev–Trinajstić information content (AvgIpc) is 2.62. The lowest BCUT2D eigenvalue weighted by Crippen LogP contribution is -2.47. The molecule has 5 nitrogen and oxygen atoms in total. The highest BCUT2D eigenvalue weighted by Crippen LogP contribution is 2.13. The first-order chi connectivity index (χ1) is 12.9. The fourth-order valence-electron chi connectivity index (χ4n) is 2.56. The molecule has 0 spiro atoms. The number of nitrogens with one attached hydrogen (secondary N) is 1. The van der Waals surface area contributed by atoms with Crippen molar-refractivity contribution in [3.8, 4) is 6.07 Å². The Morgan fingerprint density at radius 3 is 2.11 bits per heavy atom. The molecule has 27 heavy (non-hydrogen) atoms. The minimum atomic E-state index is -0.807. The van der Waals surface area contributed by atoms with Crippen molar-refractivity contribution < 1.29 is 14.3 Å². The van der Waals surface area contributed by atoms with Gasteiger partial charge in [0.2, 0.25) is 0 Å². The summed E-state index contributed by atoms with van der Waals surface area (Å²) in [6.45, 7) is 5.69. The number of hydrogen-bond donors (Lipinski definition) is 1. The van der Waals surface area contributed by atoms with Crippen molar-refractivity contribution in [1.29, 1.82) is 5.26 Å². The zero-order chi connectivity index (χ0) is 19.7. The summed E-state index contributed by atoms with van der Waals surface area (Å²) in [6.07, 6.45) is -0.905. The lowest BCUT2D eigenvalue weighted by molar-refractivity contribution is 0.0289. The summed E-state index contributed by atoms with van der Waals surface area (Å²) in [5.41, 5.74) is 1.35. The van der Waals surface area contributed by atoms with Crippen LogP contribution >= 0.6 is 0 Å². The van der Waals surface area contributed by atoms with Gasteiger partial charge in [-0.1, -0.05) is 60.7 Å². The van der Waals surface area contributed by atoms with Gasteiger partial charge in [-0.05, 0) is 38.3 Å². The average molecular weight is 366 g/mol. The summed E-state index contributed by atoms with van der Waals surface area (Å²) in [5, 5.41) is 12.4. The summed E-state index contributed by atoms with van der Waals surface area (Å²) >= 11 is 0. The minimum absolute atomic E-state index is 0.292. The maximum atomic E-state index is 12.3. The summed E-state index contributed by atoms with van der Waals surface area (Å²) in [6, 6.07) is 20.9. The van der Waals surface area contributed by atoms with Crippen molar-refractivity contribution in [1.82, 2.24) is 5.32 Å². The van der Waals surface area contributed by atoms with Crippen LogP contribution in [0.3, 0.4) is 0 Å². The van der Waals surface area contributed by atoms with Gasteiger partial charge in [0, 0.05) is 0 Å². The fourth-order valence-corrected chi connectivity index (χ4v) is 2.56. The number of amides is 1. The molecule has 0 aliphatic heterocycles. The smallest absolute Gasteiger partial charge is 0.408 e. The molecule has 0 bridgehead atoms. The number of nitriles is 1. The molecule has 5 heteroatoms. The van der Waals surface area contributed by atoms with E-state index in [-0.39, 0.29) is 0 Å². The quantitative estimate of drug-likeness (QED) is 0.796. The van der Waals surface area contributed by atoms with Gasteiger partial charge in [0.1, 0.15) is 5.60 Å². The normalized spacial score (nSPS) is 13.3. The second-order valence-electron chi connectivity index (χ2n) is 7.29. The maximum Gasteiger partial charge on any atom is 0.408 e. The van der Waals surface area contributed by atoms with Crippen molar-refractivity contribution in [3.05, 3.63) is 71.8 Å². The van der Waals surface area contributed by atoms with E-state index in [9.17, 15) is 10.1 Å². The maximum absolute atomic E-state index is 12.3. The fraction of sp³-hybridized carbons (Fsp3) is 0.364. The van der Waals surface area contributed by atoms with Crippen molar-refractivity contribution in [2.75, 3.05) is 0 Å². The van der Waals surface area contributed by atoms with Crippen LogP contribution in [0.25, 0.3) is 0 Å². The molecule has 0 aliphatic carbocycles. The second-order valence-corrected chi connectivity index (χ2v) is 7.29. The van der Waals surface area contributed by atoms with E-state index in [4.69, 9.17) is 9.47 Å². The highest BCUT2D eigenvalue weighted by atomic mass is 16.6. The van der Waals surface area contributed by atoms with Crippen LogP contribution in [0.2, 0.25) is 0 Å². The Bertz CT molecular complexity index is 749. The van der Waals surface area contributed by atoms with Crippen LogP contribution in [0, 0.1) is 11.3 Å². The standard InChI is InChI=1S/C22H26N2O3/c1-22(2,3)27-21(25)24-19(14-17-10-6-4-7-11-17)20(15-23)26-16-18-12-8-5-9-13-18/h4-13,19-20H,14,16H2,1-3H3,(H,24,25)/t19-,20+/m0/s1. The van der Waals surface area contributed by atoms with E-state index in [1.807, 2.05) is 60.7 Å². The molecule has 0 unspecified atom stereocenters. The van der Waals surface area contributed by atoms with E-state index in [1.54, 1.807) is 20.8 Å². The number of ether oxygens (including phenoxy) is 2. The molecule has 0 aromatic heterocycles. The Balaban J connectivity index is 2.10. The van der Waals surface area contributed by atoms with Crippen molar-refractivity contribution in [2.45, 2.75) is 51.5 Å². The molecule has 0 radical (unpaired) electrons. The van der Waals surface area contributed by atoms with Gasteiger partial charge in [0.15, 0.2) is 6.10 Å². The van der Waals surface area contributed by atoms with E-state index in [2.05, 4.69) is 11.4 Å². The van der Waals surface area contributed by atoms with E-state index in [0.717, 1.165) is 11.1 Å². The zero-order valence-electron chi connectivity index (χ0n) is 16.0. The Hall–Kier alpha value is -2.84. The van der Waals surface area contributed by atoms with Gasteiger partial charge < -0.3 is 14.8 Å². The van der Waals surface area contributed by atoms with Gasteiger partial charge in [0.05, 0.1) is 18.7 Å².